The van der Waals surface area contributed by atoms with Gasteiger partial charge in [0.2, 0.25) is 0 Å². The Morgan fingerprint density at radius 3 is 0.880 bits per heavy atom. The van der Waals surface area contributed by atoms with E-state index in [0.29, 0.717) is 32.1 Å². The average Bonchev–Trinajstić information content (AvgIpc) is 1.13. The van der Waals surface area contributed by atoms with E-state index in [1.807, 2.05) is 12.2 Å². The van der Waals surface area contributed by atoms with E-state index in [1.54, 1.807) is 0 Å². The van der Waals surface area contributed by atoms with Crippen molar-refractivity contribution in [3.05, 3.63) is 97.2 Å². The smallest absolute Gasteiger partial charge is 0.462 e. The van der Waals surface area contributed by atoms with Crippen LogP contribution in [0.1, 0.15) is 336 Å². The molecule has 0 saturated carbocycles. The number of rotatable bonds is 74. The Balaban J connectivity index is 5.42. The molecule has 5 atom stereocenters. The topological polar surface area (TPSA) is 237 Å². The number of ether oxygens (including phenoxy) is 4. The number of hydrogen-bond acceptors (Lipinski definition) is 15. The molecule has 0 radical (unpaired) electrons. The van der Waals surface area contributed by atoms with Gasteiger partial charge in [0, 0.05) is 25.7 Å². The van der Waals surface area contributed by atoms with Gasteiger partial charge in [-0.05, 0) is 116 Å². The van der Waals surface area contributed by atoms with Gasteiger partial charge in [0.1, 0.15) is 19.3 Å². The Morgan fingerprint density at radius 1 is 0.290 bits per heavy atom. The molecule has 578 valence electrons. The highest BCUT2D eigenvalue weighted by Gasteiger charge is 2.30. The van der Waals surface area contributed by atoms with Crippen LogP contribution < -0.4 is 0 Å². The lowest BCUT2D eigenvalue weighted by atomic mass is 10.0. The maximum absolute atomic E-state index is 13.1. The van der Waals surface area contributed by atoms with E-state index < -0.39 is 97.5 Å². The molecule has 0 aromatic heterocycles. The zero-order valence-electron chi connectivity index (χ0n) is 63.1. The molecule has 19 heteroatoms. The van der Waals surface area contributed by atoms with Gasteiger partial charge in [0.25, 0.3) is 0 Å². The van der Waals surface area contributed by atoms with E-state index in [9.17, 15) is 43.2 Å². The standard InChI is InChI=1S/C81H142O17P2/c1-5-9-13-17-21-25-29-33-36-37-40-44-48-52-56-60-64-68-81(86)98-76(71-91-78(83)65-61-57-53-49-45-41-32-28-24-20-16-12-8-4)73-95-99(87,88)93-69-75(82)70-94-100(89,90)96-74-77(97-80(85)67-63-59-55-51-47-43-39-35-31-27-23-19-15-11-7-3)72-92-79(84)66-62-58-54-50-46-42-38-34-30-26-22-18-14-10-6-2/h21,25-27,30-31,33-36,38-40,44,52,56,75-77,82H,5-20,22-24,28-29,32,37,41-43,45-51,53-55,57-74H2,1-4H3,(H,87,88)(H,89,90)/b25-21-,30-26-,31-27-,36-33-,38-34-,39-35-,44-40-,56-52-/t75-,76-,77-/m1/s1. The van der Waals surface area contributed by atoms with Crippen molar-refractivity contribution >= 4 is 39.5 Å². The van der Waals surface area contributed by atoms with Gasteiger partial charge >= 0.3 is 39.5 Å². The molecule has 0 spiro atoms. The van der Waals surface area contributed by atoms with Crippen LogP contribution in [0.3, 0.4) is 0 Å². The van der Waals surface area contributed by atoms with Crippen LogP contribution in [0.4, 0.5) is 0 Å². The molecule has 3 N–H and O–H groups in total. The summed E-state index contributed by atoms with van der Waals surface area (Å²) in [6.45, 7) is 4.74. The van der Waals surface area contributed by atoms with E-state index >= 15 is 0 Å². The Morgan fingerprint density at radius 2 is 0.530 bits per heavy atom. The number of phosphoric ester groups is 2. The highest BCUT2D eigenvalue weighted by Crippen LogP contribution is 2.45. The zero-order chi connectivity index (χ0) is 73.2. The molecule has 0 heterocycles. The number of esters is 4. The van der Waals surface area contributed by atoms with Crippen molar-refractivity contribution in [2.75, 3.05) is 39.6 Å². The third-order valence-electron chi connectivity index (χ3n) is 16.6. The van der Waals surface area contributed by atoms with Gasteiger partial charge in [-0.1, -0.05) is 292 Å². The summed E-state index contributed by atoms with van der Waals surface area (Å²) in [5.74, 6) is -2.26. The van der Waals surface area contributed by atoms with Gasteiger partial charge in [0.05, 0.1) is 26.4 Å². The first-order valence-corrected chi connectivity index (χ1v) is 42.5. The summed E-state index contributed by atoms with van der Waals surface area (Å²) in [7, 11) is -9.97. The predicted molar refractivity (Wildman–Crippen MR) is 409 cm³/mol. The molecule has 0 rings (SSSR count). The molecular formula is C81H142O17P2. The molecule has 0 fully saturated rings. The highest BCUT2D eigenvalue weighted by molar-refractivity contribution is 7.47. The molecule has 0 bridgehead atoms. The quantitative estimate of drug-likeness (QED) is 0.0128. The van der Waals surface area contributed by atoms with Crippen molar-refractivity contribution in [3.8, 4) is 0 Å². The van der Waals surface area contributed by atoms with E-state index in [4.69, 9.17) is 37.0 Å². The molecule has 2 unspecified atom stereocenters. The summed E-state index contributed by atoms with van der Waals surface area (Å²) < 4.78 is 68.5. The van der Waals surface area contributed by atoms with Crippen molar-refractivity contribution in [2.24, 2.45) is 0 Å². The number of carbonyl (C=O) groups excluding carboxylic acids is 4. The minimum Gasteiger partial charge on any atom is -0.462 e. The zero-order valence-corrected chi connectivity index (χ0v) is 64.9. The number of aliphatic hydroxyl groups is 1. The molecule has 0 aliphatic heterocycles. The number of aliphatic hydroxyl groups excluding tert-OH is 1. The van der Waals surface area contributed by atoms with Crippen LogP contribution in [0.15, 0.2) is 97.2 Å². The summed E-state index contributed by atoms with van der Waals surface area (Å²) in [4.78, 5) is 72.9. The SMILES string of the molecule is CCCCC/C=C\C/C=C\C/C=C\C/C=C\CCCC(=O)O[C@H](COC(=O)CCCCCCCCCCCCCCC)COP(=O)(O)OC[C@@H](O)COP(=O)(O)OC[C@@H](COC(=O)CCCCCCC/C=C\C=C/CCCCCC)OC(=O)CCCCCCC/C=C\C=C/CCCCCC. The number of carbonyl (C=O) groups is 4. The van der Waals surface area contributed by atoms with Crippen molar-refractivity contribution in [1.82, 2.24) is 0 Å². The van der Waals surface area contributed by atoms with Gasteiger partial charge in [-0.2, -0.15) is 0 Å². The first-order valence-electron chi connectivity index (χ1n) is 39.5. The van der Waals surface area contributed by atoms with Crippen molar-refractivity contribution < 1.29 is 80.2 Å². The molecule has 100 heavy (non-hydrogen) atoms. The summed E-state index contributed by atoms with van der Waals surface area (Å²) in [6.07, 6.45) is 76.8. The van der Waals surface area contributed by atoms with Gasteiger partial charge < -0.3 is 33.8 Å². The Hall–Kier alpha value is -4.02. The lowest BCUT2D eigenvalue weighted by Gasteiger charge is -2.21. The third kappa shape index (κ3) is 72.3. The Bertz CT molecular complexity index is 2270. The lowest BCUT2D eigenvalue weighted by Crippen LogP contribution is -2.30. The Kier molecular flexibility index (Phi) is 70.4. The summed E-state index contributed by atoms with van der Waals surface area (Å²) >= 11 is 0. The first kappa shape index (κ1) is 96.0. The van der Waals surface area contributed by atoms with Gasteiger partial charge in [0.15, 0.2) is 12.2 Å². The van der Waals surface area contributed by atoms with E-state index in [2.05, 4.69) is 113 Å². The fraction of sp³-hybridized carbons (Fsp3) is 0.753. The number of phosphoric acid groups is 2. The van der Waals surface area contributed by atoms with Crippen LogP contribution in [0.5, 0.6) is 0 Å². The van der Waals surface area contributed by atoms with Crippen molar-refractivity contribution in [2.45, 2.75) is 354 Å². The fourth-order valence-corrected chi connectivity index (χ4v) is 12.1. The van der Waals surface area contributed by atoms with Crippen LogP contribution in [0.25, 0.3) is 0 Å². The molecule has 0 aliphatic carbocycles. The second kappa shape index (κ2) is 73.3. The van der Waals surface area contributed by atoms with E-state index in [0.717, 1.165) is 122 Å². The minimum atomic E-state index is -4.99. The molecule has 0 aliphatic rings. The van der Waals surface area contributed by atoms with Crippen LogP contribution in [-0.4, -0.2) is 96.7 Å². The van der Waals surface area contributed by atoms with E-state index in [-0.39, 0.29) is 25.7 Å². The lowest BCUT2D eigenvalue weighted by molar-refractivity contribution is -0.161. The second-order valence-electron chi connectivity index (χ2n) is 26.4. The number of hydrogen-bond donors (Lipinski definition) is 3. The molecule has 0 aromatic carbocycles. The van der Waals surface area contributed by atoms with E-state index in [1.165, 1.54) is 128 Å². The number of allylic oxidation sites excluding steroid dienone is 16. The van der Waals surface area contributed by atoms with Crippen LogP contribution in [-0.2, 0) is 65.4 Å². The van der Waals surface area contributed by atoms with Crippen LogP contribution in [0.2, 0.25) is 0 Å². The summed E-state index contributed by atoms with van der Waals surface area (Å²) in [5, 5.41) is 10.6. The summed E-state index contributed by atoms with van der Waals surface area (Å²) in [5.41, 5.74) is 0. The predicted octanol–water partition coefficient (Wildman–Crippen LogP) is 22.8. The minimum absolute atomic E-state index is 0.0205. The van der Waals surface area contributed by atoms with Gasteiger partial charge in [-0.15, -0.1) is 0 Å². The first-order chi connectivity index (χ1) is 48.7. The maximum atomic E-state index is 13.1. The Labute approximate surface area is 607 Å². The van der Waals surface area contributed by atoms with Gasteiger partial charge in [-0.25, -0.2) is 9.13 Å². The summed E-state index contributed by atoms with van der Waals surface area (Å²) in [6, 6.07) is 0. The molecule has 0 saturated heterocycles. The number of unbranched alkanes of at least 4 members (excludes halogenated alkanes) is 34. The van der Waals surface area contributed by atoms with Crippen molar-refractivity contribution in [3.63, 3.8) is 0 Å². The second-order valence-corrected chi connectivity index (χ2v) is 29.3. The highest BCUT2D eigenvalue weighted by atomic mass is 31.2. The largest absolute Gasteiger partial charge is 0.472 e. The molecule has 0 amide bonds. The maximum Gasteiger partial charge on any atom is 0.472 e. The monoisotopic (exact) mass is 1450 g/mol. The normalized spacial score (nSPS) is 14.4. The van der Waals surface area contributed by atoms with Gasteiger partial charge in [-0.3, -0.25) is 37.3 Å². The average molecular weight is 1450 g/mol. The molecular weight excluding hydrogens is 1310 g/mol. The third-order valence-corrected chi connectivity index (χ3v) is 18.5. The fourth-order valence-electron chi connectivity index (χ4n) is 10.5. The molecule has 17 nitrogen and oxygen atoms in total. The van der Waals surface area contributed by atoms with Crippen molar-refractivity contribution in [1.29, 1.82) is 0 Å². The molecule has 0 aromatic rings. The van der Waals surface area contributed by atoms with Crippen LogP contribution >= 0.6 is 15.6 Å². The van der Waals surface area contributed by atoms with Crippen LogP contribution in [0, 0.1) is 0 Å².